The lowest BCUT2D eigenvalue weighted by molar-refractivity contribution is 0.577. The van der Waals surface area contributed by atoms with Gasteiger partial charge in [0.15, 0.2) is 0 Å². The van der Waals surface area contributed by atoms with Crippen molar-refractivity contribution in [3.63, 3.8) is 0 Å². The predicted octanol–water partition coefficient (Wildman–Crippen LogP) is 4.65. The molecule has 0 heterocycles. The van der Waals surface area contributed by atoms with E-state index in [9.17, 15) is 0 Å². The van der Waals surface area contributed by atoms with Crippen molar-refractivity contribution in [3.05, 3.63) is 64.7 Å². The topological polar surface area (TPSA) is 15.3 Å². The molecule has 0 aliphatic heterocycles. The first-order valence-electron chi connectivity index (χ1n) is 7.37. The maximum atomic E-state index is 5.92. The van der Waals surface area contributed by atoms with Crippen LogP contribution in [0, 0.1) is 0 Å². The fraction of sp³-hybridized carbons (Fsp3) is 0.333. The first kappa shape index (κ1) is 15.9. The molecule has 3 heteroatoms. The molecule has 2 rings (SSSR count). The minimum atomic E-state index is 0.431. The molecule has 0 aliphatic carbocycles. The van der Waals surface area contributed by atoms with Gasteiger partial charge in [-0.2, -0.15) is 0 Å². The van der Waals surface area contributed by atoms with Crippen LogP contribution in [0.25, 0.3) is 0 Å². The molecule has 1 unspecified atom stereocenters. The van der Waals surface area contributed by atoms with Gasteiger partial charge in [-0.05, 0) is 48.9 Å². The first-order valence-corrected chi connectivity index (χ1v) is 7.74. The Bertz CT molecular complexity index is 544. The summed E-state index contributed by atoms with van der Waals surface area (Å²) in [5, 5.41) is 4.12. The van der Waals surface area contributed by atoms with Crippen LogP contribution < -0.4 is 10.2 Å². The largest absolute Gasteiger partial charge is 0.370 e. The Balaban J connectivity index is 2.05. The van der Waals surface area contributed by atoms with Gasteiger partial charge in [-0.3, -0.25) is 0 Å². The van der Waals surface area contributed by atoms with Gasteiger partial charge in [0, 0.05) is 30.3 Å². The van der Waals surface area contributed by atoms with Crippen LogP contribution in [0.4, 0.5) is 5.69 Å². The van der Waals surface area contributed by atoms with Crippen molar-refractivity contribution >= 4 is 17.3 Å². The molecular weight excluding hydrogens is 280 g/mol. The van der Waals surface area contributed by atoms with Crippen LogP contribution in [-0.4, -0.2) is 14.1 Å². The van der Waals surface area contributed by atoms with E-state index in [1.807, 2.05) is 19.2 Å². The molecule has 0 saturated heterocycles. The first-order chi connectivity index (χ1) is 10.1. The van der Waals surface area contributed by atoms with Crippen LogP contribution in [0.1, 0.15) is 30.5 Å². The summed E-state index contributed by atoms with van der Waals surface area (Å²) >= 11 is 5.92. The van der Waals surface area contributed by atoms with Gasteiger partial charge in [-0.1, -0.05) is 42.8 Å². The summed E-state index contributed by atoms with van der Waals surface area (Å²) in [4.78, 5) is 2.24. The lowest BCUT2D eigenvalue weighted by atomic mass is 10.0. The van der Waals surface area contributed by atoms with E-state index >= 15 is 0 Å². The number of nitrogens with zero attached hydrogens (tertiary/aromatic N) is 1. The smallest absolute Gasteiger partial charge is 0.0426 e. The molecule has 1 N–H and O–H groups in total. The van der Waals surface area contributed by atoms with E-state index in [0.717, 1.165) is 18.0 Å². The molecule has 2 aromatic rings. The van der Waals surface area contributed by atoms with Gasteiger partial charge in [0.25, 0.3) is 0 Å². The molecular formula is C18H23ClN2. The Morgan fingerprint density at radius 1 is 1.05 bits per heavy atom. The molecule has 0 bridgehead atoms. The number of anilines is 1. The lowest BCUT2D eigenvalue weighted by Crippen LogP contribution is -2.17. The molecule has 112 valence electrons. The third kappa shape index (κ3) is 4.23. The normalized spacial score (nSPS) is 12.2. The van der Waals surface area contributed by atoms with Crippen LogP contribution >= 0.6 is 11.6 Å². The zero-order chi connectivity index (χ0) is 15.2. The van der Waals surface area contributed by atoms with Crippen LogP contribution in [0.3, 0.4) is 0 Å². The van der Waals surface area contributed by atoms with E-state index in [2.05, 4.69) is 60.6 Å². The number of rotatable bonds is 6. The average molecular weight is 303 g/mol. The highest BCUT2D eigenvalue weighted by atomic mass is 35.5. The van der Waals surface area contributed by atoms with E-state index < -0.39 is 0 Å². The molecule has 0 aliphatic rings. The standard InChI is InChI=1S/C18H23ClN2/c1-4-18(20-2)15-7-11-17(12-8-15)21(3)13-14-5-9-16(19)10-6-14/h5-12,18,20H,4,13H2,1-3H3. The fourth-order valence-corrected chi connectivity index (χ4v) is 2.65. The van der Waals surface area contributed by atoms with Crippen molar-refractivity contribution in [3.8, 4) is 0 Å². The summed E-state index contributed by atoms with van der Waals surface area (Å²) in [6.45, 7) is 3.07. The quantitative estimate of drug-likeness (QED) is 0.836. The Morgan fingerprint density at radius 2 is 1.67 bits per heavy atom. The highest BCUT2D eigenvalue weighted by molar-refractivity contribution is 6.30. The van der Waals surface area contributed by atoms with Crippen LogP contribution in [0.5, 0.6) is 0 Å². The van der Waals surface area contributed by atoms with E-state index in [4.69, 9.17) is 11.6 Å². The summed E-state index contributed by atoms with van der Waals surface area (Å²) in [6, 6.07) is 17.2. The summed E-state index contributed by atoms with van der Waals surface area (Å²) in [5.41, 5.74) is 3.82. The maximum Gasteiger partial charge on any atom is 0.0426 e. The predicted molar refractivity (Wildman–Crippen MR) is 92.1 cm³/mol. The Hall–Kier alpha value is -1.51. The summed E-state index contributed by atoms with van der Waals surface area (Å²) in [7, 11) is 4.12. The van der Waals surface area contributed by atoms with Crippen LogP contribution in [0.15, 0.2) is 48.5 Å². The van der Waals surface area contributed by atoms with Gasteiger partial charge in [-0.15, -0.1) is 0 Å². The second kappa shape index (κ2) is 7.48. The van der Waals surface area contributed by atoms with Gasteiger partial charge in [-0.25, -0.2) is 0 Å². The molecule has 0 aromatic heterocycles. The molecule has 1 atom stereocenters. The minimum absolute atomic E-state index is 0.431. The highest BCUT2D eigenvalue weighted by Crippen LogP contribution is 2.21. The van der Waals surface area contributed by atoms with Gasteiger partial charge < -0.3 is 10.2 Å². The van der Waals surface area contributed by atoms with Gasteiger partial charge in [0.1, 0.15) is 0 Å². The number of benzene rings is 2. The Morgan fingerprint density at radius 3 is 2.19 bits per heavy atom. The molecule has 0 amide bonds. The van der Waals surface area contributed by atoms with Crippen molar-refractivity contribution < 1.29 is 0 Å². The number of hydrogen-bond donors (Lipinski definition) is 1. The third-order valence-corrected chi connectivity index (χ3v) is 4.08. The van der Waals surface area contributed by atoms with E-state index in [1.165, 1.54) is 16.8 Å². The van der Waals surface area contributed by atoms with E-state index in [-0.39, 0.29) is 0 Å². The molecule has 2 aromatic carbocycles. The number of halogens is 1. The van der Waals surface area contributed by atoms with Crippen molar-refractivity contribution in [2.75, 3.05) is 19.0 Å². The second-order valence-corrected chi connectivity index (χ2v) is 5.76. The van der Waals surface area contributed by atoms with E-state index in [1.54, 1.807) is 0 Å². The lowest BCUT2D eigenvalue weighted by Gasteiger charge is -2.21. The molecule has 0 spiro atoms. The Labute approximate surface area is 132 Å². The number of hydrogen-bond acceptors (Lipinski definition) is 2. The fourth-order valence-electron chi connectivity index (χ4n) is 2.52. The zero-order valence-electron chi connectivity index (χ0n) is 12.9. The Kier molecular flexibility index (Phi) is 5.66. The molecule has 21 heavy (non-hydrogen) atoms. The van der Waals surface area contributed by atoms with Crippen molar-refractivity contribution in [2.24, 2.45) is 0 Å². The third-order valence-electron chi connectivity index (χ3n) is 3.83. The van der Waals surface area contributed by atoms with Crippen LogP contribution in [0.2, 0.25) is 5.02 Å². The summed E-state index contributed by atoms with van der Waals surface area (Å²) in [6.07, 6.45) is 1.09. The minimum Gasteiger partial charge on any atom is -0.370 e. The molecule has 2 nitrogen and oxygen atoms in total. The summed E-state index contributed by atoms with van der Waals surface area (Å²) < 4.78 is 0. The van der Waals surface area contributed by atoms with E-state index in [0.29, 0.717) is 6.04 Å². The zero-order valence-corrected chi connectivity index (χ0v) is 13.7. The van der Waals surface area contributed by atoms with Crippen LogP contribution in [-0.2, 0) is 6.54 Å². The molecule has 0 fully saturated rings. The van der Waals surface area contributed by atoms with Gasteiger partial charge >= 0.3 is 0 Å². The highest BCUT2D eigenvalue weighted by Gasteiger charge is 2.07. The monoisotopic (exact) mass is 302 g/mol. The van der Waals surface area contributed by atoms with Crippen molar-refractivity contribution in [1.29, 1.82) is 0 Å². The van der Waals surface area contributed by atoms with Gasteiger partial charge in [0.05, 0.1) is 0 Å². The second-order valence-electron chi connectivity index (χ2n) is 5.32. The average Bonchev–Trinajstić information content (AvgIpc) is 2.51. The summed E-state index contributed by atoms with van der Waals surface area (Å²) in [5.74, 6) is 0. The van der Waals surface area contributed by atoms with Crippen molar-refractivity contribution in [2.45, 2.75) is 25.9 Å². The maximum absolute atomic E-state index is 5.92. The molecule has 0 radical (unpaired) electrons. The SMILES string of the molecule is CCC(NC)c1ccc(N(C)Cc2ccc(Cl)cc2)cc1. The number of nitrogens with one attached hydrogen (secondary N) is 1. The van der Waals surface area contributed by atoms with Crippen molar-refractivity contribution in [1.82, 2.24) is 5.32 Å². The molecule has 0 saturated carbocycles. The van der Waals surface area contributed by atoms with Gasteiger partial charge in [0.2, 0.25) is 0 Å².